The molecule has 2 aromatic carbocycles. The minimum Gasteiger partial charge on any atom is -0.379 e. The highest BCUT2D eigenvalue weighted by molar-refractivity contribution is 5.87. The zero-order valence-corrected chi connectivity index (χ0v) is 10.4. The number of rotatable bonds is 2. The Balaban J connectivity index is 1.97. The van der Waals surface area contributed by atoms with Crippen LogP contribution in [0.15, 0.2) is 42.5 Å². The van der Waals surface area contributed by atoms with Crippen molar-refractivity contribution in [3.63, 3.8) is 0 Å². The molecule has 1 aliphatic heterocycles. The second-order valence-electron chi connectivity index (χ2n) is 5.76. The van der Waals surface area contributed by atoms with Crippen molar-refractivity contribution in [1.82, 2.24) is 0 Å². The molecule has 0 bridgehead atoms. The first-order valence-corrected chi connectivity index (χ1v) is 6.60. The maximum absolute atomic E-state index is 6.53. The van der Waals surface area contributed by atoms with Crippen LogP contribution < -0.4 is 5.73 Å². The summed E-state index contributed by atoms with van der Waals surface area (Å²) in [5, 5.41) is 2.63. The fourth-order valence-electron chi connectivity index (χ4n) is 3.27. The Morgan fingerprint density at radius 2 is 1.67 bits per heavy atom. The molecule has 0 atom stereocenters. The lowest BCUT2D eigenvalue weighted by atomic mass is 9.69. The fraction of sp³-hybridized carbons (Fsp3) is 0.375. The number of benzene rings is 2. The van der Waals surface area contributed by atoms with E-state index in [9.17, 15) is 0 Å². The second kappa shape index (κ2) is 3.34. The number of fused-ring (bicyclic) bond motifs is 1. The molecule has 2 nitrogen and oxygen atoms in total. The molecule has 0 spiro atoms. The first-order valence-electron chi connectivity index (χ1n) is 6.60. The highest BCUT2D eigenvalue weighted by Gasteiger charge is 2.61. The van der Waals surface area contributed by atoms with Crippen molar-refractivity contribution in [2.75, 3.05) is 13.2 Å². The Morgan fingerprint density at radius 1 is 0.944 bits per heavy atom. The van der Waals surface area contributed by atoms with Crippen LogP contribution in [0.1, 0.15) is 18.4 Å². The van der Waals surface area contributed by atoms with Gasteiger partial charge >= 0.3 is 0 Å². The molecular formula is C16H17NO. The number of hydrogen-bond donors (Lipinski definition) is 1. The predicted molar refractivity (Wildman–Crippen MR) is 72.6 cm³/mol. The molecule has 2 fully saturated rings. The molecule has 2 aliphatic rings. The Bertz CT molecular complexity index is 606. The summed E-state index contributed by atoms with van der Waals surface area (Å²) in [6.07, 6.45) is 2.25. The Morgan fingerprint density at radius 3 is 2.33 bits per heavy atom. The van der Waals surface area contributed by atoms with Crippen LogP contribution in [0.2, 0.25) is 0 Å². The van der Waals surface area contributed by atoms with Crippen molar-refractivity contribution in [2.45, 2.75) is 23.8 Å². The minimum atomic E-state index is -0.0324. The van der Waals surface area contributed by atoms with Crippen LogP contribution in [-0.2, 0) is 10.2 Å². The molecule has 0 amide bonds. The van der Waals surface area contributed by atoms with Crippen LogP contribution in [0.4, 0.5) is 0 Å². The first-order chi connectivity index (χ1) is 8.75. The lowest BCUT2D eigenvalue weighted by Crippen LogP contribution is -2.60. The van der Waals surface area contributed by atoms with Gasteiger partial charge in [-0.2, -0.15) is 0 Å². The zero-order chi connectivity index (χ0) is 12.2. The zero-order valence-electron chi connectivity index (χ0n) is 10.4. The third kappa shape index (κ3) is 1.20. The average Bonchev–Trinajstić information content (AvgIpc) is 3.07. The van der Waals surface area contributed by atoms with Gasteiger partial charge in [-0.15, -0.1) is 0 Å². The lowest BCUT2D eigenvalue weighted by Gasteiger charge is -2.47. The van der Waals surface area contributed by atoms with Gasteiger partial charge in [0.15, 0.2) is 0 Å². The number of nitrogens with two attached hydrogens (primary N) is 1. The molecule has 2 aromatic rings. The van der Waals surface area contributed by atoms with Crippen LogP contribution in [0.5, 0.6) is 0 Å². The highest BCUT2D eigenvalue weighted by Crippen LogP contribution is 2.54. The molecule has 1 saturated carbocycles. The van der Waals surface area contributed by atoms with Gasteiger partial charge in [0, 0.05) is 5.54 Å². The number of hydrogen-bond acceptors (Lipinski definition) is 2. The van der Waals surface area contributed by atoms with Gasteiger partial charge in [0.2, 0.25) is 0 Å². The van der Waals surface area contributed by atoms with E-state index in [4.69, 9.17) is 10.5 Å². The van der Waals surface area contributed by atoms with Gasteiger partial charge < -0.3 is 10.5 Å². The van der Waals surface area contributed by atoms with Gasteiger partial charge in [-0.05, 0) is 29.2 Å². The quantitative estimate of drug-likeness (QED) is 0.874. The van der Waals surface area contributed by atoms with E-state index >= 15 is 0 Å². The third-order valence-corrected chi connectivity index (χ3v) is 4.74. The molecule has 1 aliphatic carbocycles. The summed E-state index contributed by atoms with van der Waals surface area (Å²) in [6.45, 7) is 1.55. The van der Waals surface area contributed by atoms with E-state index in [0.29, 0.717) is 0 Å². The third-order valence-electron chi connectivity index (χ3n) is 4.74. The topological polar surface area (TPSA) is 35.2 Å². The summed E-state index contributed by atoms with van der Waals surface area (Å²) >= 11 is 0. The Labute approximate surface area is 107 Å². The largest absolute Gasteiger partial charge is 0.379 e. The Hall–Kier alpha value is -1.38. The summed E-state index contributed by atoms with van der Waals surface area (Å²) in [6, 6.07) is 15.1. The van der Waals surface area contributed by atoms with E-state index in [1.54, 1.807) is 0 Å². The standard InChI is InChI=1S/C16H17NO/c17-16(8-9-16)15(10-18-11-15)14-7-3-5-12-4-1-2-6-13(12)14/h1-7H,8-11,17H2. The van der Waals surface area contributed by atoms with E-state index in [-0.39, 0.29) is 11.0 Å². The smallest absolute Gasteiger partial charge is 0.0605 e. The van der Waals surface area contributed by atoms with E-state index in [1.807, 2.05) is 0 Å². The van der Waals surface area contributed by atoms with Gasteiger partial charge in [-0.1, -0.05) is 42.5 Å². The summed E-state index contributed by atoms with van der Waals surface area (Å²) in [4.78, 5) is 0. The molecular weight excluding hydrogens is 222 g/mol. The van der Waals surface area contributed by atoms with Crippen molar-refractivity contribution in [3.05, 3.63) is 48.0 Å². The van der Waals surface area contributed by atoms with Crippen LogP contribution in [0.3, 0.4) is 0 Å². The molecule has 2 heteroatoms. The van der Waals surface area contributed by atoms with E-state index in [0.717, 1.165) is 26.1 Å². The van der Waals surface area contributed by atoms with Crippen molar-refractivity contribution >= 4 is 10.8 Å². The second-order valence-corrected chi connectivity index (χ2v) is 5.76. The van der Waals surface area contributed by atoms with Gasteiger partial charge in [0.25, 0.3) is 0 Å². The normalized spacial score (nSPS) is 23.6. The maximum Gasteiger partial charge on any atom is 0.0605 e. The molecule has 2 N–H and O–H groups in total. The molecule has 4 rings (SSSR count). The summed E-state index contributed by atoms with van der Waals surface area (Å²) < 4.78 is 5.53. The van der Waals surface area contributed by atoms with E-state index < -0.39 is 0 Å². The van der Waals surface area contributed by atoms with Crippen LogP contribution >= 0.6 is 0 Å². The van der Waals surface area contributed by atoms with Gasteiger partial charge in [0.1, 0.15) is 0 Å². The monoisotopic (exact) mass is 239 g/mol. The average molecular weight is 239 g/mol. The van der Waals surface area contributed by atoms with E-state index in [2.05, 4.69) is 42.5 Å². The van der Waals surface area contributed by atoms with Crippen molar-refractivity contribution in [3.8, 4) is 0 Å². The molecule has 0 unspecified atom stereocenters. The SMILES string of the molecule is NC1(C2(c3cccc4ccccc34)COC2)CC1. The fourth-order valence-corrected chi connectivity index (χ4v) is 3.27. The maximum atomic E-state index is 6.53. The minimum absolute atomic E-state index is 0.0324. The van der Waals surface area contributed by atoms with Crippen LogP contribution in [0.25, 0.3) is 10.8 Å². The highest BCUT2D eigenvalue weighted by atomic mass is 16.5. The Kier molecular flexibility index (Phi) is 1.95. The summed E-state index contributed by atoms with van der Waals surface area (Å²) in [7, 11) is 0. The lowest BCUT2D eigenvalue weighted by molar-refractivity contribution is -0.0778. The molecule has 92 valence electrons. The van der Waals surface area contributed by atoms with Gasteiger partial charge in [-0.3, -0.25) is 0 Å². The van der Waals surface area contributed by atoms with Crippen molar-refractivity contribution in [1.29, 1.82) is 0 Å². The first kappa shape index (κ1) is 10.5. The predicted octanol–water partition coefficient (Wildman–Crippen LogP) is 2.60. The van der Waals surface area contributed by atoms with Crippen LogP contribution in [0, 0.1) is 0 Å². The molecule has 0 radical (unpaired) electrons. The van der Waals surface area contributed by atoms with Gasteiger partial charge in [-0.25, -0.2) is 0 Å². The van der Waals surface area contributed by atoms with Crippen LogP contribution in [-0.4, -0.2) is 18.8 Å². The molecule has 1 heterocycles. The molecule has 18 heavy (non-hydrogen) atoms. The molecule has 0 aromatic heterocycles. The number of ether oxygens (including phenoxy) is 1. The van der Waals surface area contributed by atoms with Crippen molar-refractivity contribution in [2.24, 2.45) is 5.73 Å². The van der Waals surface area contributed by atoms with Gasteiger partial charge in [0.05, 0.1) is 18.6 Å². The summed E-state index contributed by atoms with van der Waals surface area (Å²) in [5.74, 6) is 0. The van der Waals surface area contributed by atoms with Crippen molar-refractivity contribution < 1.29 is 4.74 Å². The van der Waals surface area contributed by atoms with E-state index in [1.165, 1.54) is 16.3 Å². The summed E-state index contributed by atoms with van der Waals surface area (Å²) in [5.41, 5.74) is 7.93. The molecule has 1 saturated heterocycles.